The minimum Gasteiger partial charge on any atom is -0.497 e. The first-order chi connectivity index (χ1) is 11.2. The van der Waals surface area contributed by atoms with Crippen molar-refractivity contribution in [3.63, 3.8) is 0 Å². The van der Waals surface area contributed by atoms with Gasteiger partial charge in [-0.25, -0.2) is 0 Å². The maximum absolute atomic E-state index is 5.71. The third-order valence-electron chi connectivity index (χ3n) is 3.60. The fourth-order valence-corrected chi connectivity index (χ4v) is 2.38. The van der Waals surface area contributed by atoms with Gasteiger partial charge in [-0.05, 0) is 43.7 Å². The van der Waals surface area contributed by atoms with E-state index in [1.807, 2.05) is 24.3 Å². The number of hydrogen-bond acceptors (Lipinski definition) is 5. The molecule has 0 aliphatic rings. The normalized spacial score (nSPS) is 10.6. The number of benzene rings is 2. The molecule has 0 amide bonds. The molecule has 118 valence electrons. The van der Waals surface area contributed by atoms with Gasteiger partial charge in [0.2, 0.25) is 11.8 Å². The highest BCUT2D eigenvalue weighted by Gasteiger charge is 2.09. The van der Waals surface area contributed by atoms with Crippen LogP contribution >= 0.6 is 0 Å². The zero-order valence-corrected chi connectivity index (χ0v) is 13.5. The highest BCUT2D eigenvalue weighted by molar-refractivity contribution is 5.55. The first kappa shape index (κ1) is 15.1. The van der Waals surface area contributed by atoms with E-state index in [4.69, 9.17) is 9.15 Å². The molecule has 0 fully saturated rings. The average molecular weight is 309 g/mol. The molecule has 5 heteroatoms. The predicted molar refractivity (Wildman–Crippen MR) is 89.5 cm³/mol. The quantitative estimate of drug-likeness (QED) is 0.772. The third-order valence-corrected chi connectivity index (χ3v) is 3.60. The van der Waals surface area contributed by atoms with Crippen LogP contribution in [0.5, 0.6) is 5.75 Å². The lowest BCUT2D eigenvalue weighted by Crippen LogP contribution is -2.01. The summed E-state index contributed by atoms with van der Waals surface area (Å²) in [5.74, 6) is 1.79. The Morgan fingerprint density at radius 3 is 2.74 bits per heavy atom. The number of aryl methyl sites for hydroxylation is 2. The van der Waals surface area contributed by atoms with Crippen LogP contribution in [0.2, 0.25) is 0 Å². The molecule has 0 saturated heterocycles. The van der Waals surface area contributed by atoms with Crippen LogP contribution in [0.1, 0.15) is 17.0 Å². The topological polar surface area (TPSA) is 60.2 Å². The zero-order chi connectivity index (χ0) is 16.2. The highest BCUT2D eigenvalue weighted by atomic mass is 16.5. The van der Waals surface area contributed by atoms with Gasteiger partial charge in [-0.3, -0.25) is 0 Å². The van der Waals surface area contributed by atoms with E-state index < -0.39 is 0 Å². The third kappa shape index (κ3) is 3.51. The number of nitrogens with zero attached hydrogens (tertiary/aromatic N) is 2. The number of aromatic nitrogens is 2. The second-order valence-electron chi connectivity index (χ2n) is 5.40. The van der Waals surface area contributed by atoms with Crippen LogP contribution in [0.25, 0.3) is 11.5 Å². The average Bonchev–Trinajstić information content (AvgIpc) is 3.03. The van der Waals surface area contributed by atoms with Crippen LogP contribution in [-0.4, -0.2) is 17.3 Å². The highest BCUT2D eigenvalue weighted by Crippen LogP contribution is 2.23. The number of methoxy groups -OCH3 is 1. The van der Waals surface area contributed by atoms with E-state index in [9.17, 15) is 0 Å². The van der Waals surface area contributed by atoms with Gasteiger partial charge in [0.05, 0.1) is 13.7 Å². The first-order valence-corrected chi connectivity index (χ1v) is 7.43. The van der Waals surface area contributed by atoms with Gasteiger partial charge >= 0.3 is 0 Å². The van der Waals surface area contributed by atoms with Crippen molar-refractivity contribution in [1.29, 1.82) is 0 Å². The Kier molecular flexibility index (Phi) is 4.28. The van der Waals surface area contributed by atoms with E-state index in [-0.39, 0.29) is 0 Å². The Morgan fingerprint density at radius 1 is 1.09 bits per heavy atom. The van der Waals surface area contributed by atoms with Crippen molar-refractivity contribution in [2.24, 2.45) is 0 Å². The number of ether oxygens (including phenoxy) is 1. The fourth-order valence-electron chi connectivity index (χ4n) is 2.38. The smallest absolute Gasteiger partial charge is 0.247 e. The van der Waals surface area contributed by atoms with Gasteiger partial charge in [0.25, 0.3) is 0 Å². The number of anilines is 1. The van der Waals surface area contributed by atoms with Crippen LogP contribution in [0.3, 0.4) is 0 Å². The van der Waals surface area contributed by atoms with E-state index in [0.29, 0.717) is 18.3 Å². The van der Waals surface area contributed by atoms with E-state index in [2.05, 4.69) is 47.6 Å². The van der Waals surface area contributed by atoms with Gasteiger partial charge in [0, 0.05) is 11.3 Å². The molecule has 3 rings (SSSR count). The van der Waals surface area contributed by atoms with Crippen molar-refractivity contribution in [2.75, 3.05) is 12.4 Å². The maximum Gasteiger partial charge on any atom is 0.247 e. The molecule has 23 heavy (non-hydrogen) atoms. The molecule has 1 aromatic heterocycles. The second-order valence-corrected chi connectivity index (χ2v) is 5.40. The molecule has 1 heterocycles. The first-order valence-electron chi connectivity index (χ1n) is 7.43. The van der Waals surface area contributed by atoms with Gasteiger partial charge in [-0.15, -0.1) is 10.2 Å². The predicted octanol–water partition coefficient (Wildman–Crippen LogP) is 3.97. The summed E-state index contributed by atoms with van der Waals surface area (Å²) in [5.41, 5.74) is 4.34. The van der Waals surface area contributed by atoms with Crippen molar-refractivity contribution in [1.82, 2.24) is 10.2 Å². The van der Waals surface area contributed by atoms with Gasteiger partial charge in [-0.1, -0.05) is 23.8 Å². The number of rotatable bonds is 5. The summed E-state index contributed by atoms with van der Waals surface area (Å²) < 4.78 is 10.9. The summed E-state index contributed by atoms with van der Waals surface area (Å²) in [7, 11) is 1.63. The number of hydrogen-bond donors (Lipinski definition) is 1. The molecule has 0 spiro atoms. The van der Waals surface area contributed by atoms with Crippen LogP contribution < -0.4 is 10.1 Å². The Labute approximate surface area is 135 Å². The van der Waals surface area contributed by atoms with Crippen molar-refractivity contribution < 1.29 is 9.15 Å². The minimum absolute atomic E-state index is 0.487. The SMILES string of the molecule is COc1cccc(-c2nnc(CNc3ccc(C)cc3C)o2)c1. The molecule has 3 aromatic rings. The summed E-state index contributed by atoms with van der Waals surface area (Å²) in [6.45, 7) is 4.64. The molecule has 0 atom stereocenters. The Morgan fingerprint density at radius 2 is 1.96 bits per heavy atom. The molecule has 1 N–H and O–H groups in total. The van der Waals surface area contributed by atoms with E-state index >= 15 is 0 Å². The van der Waals surface area contributed by atoms with Gasteiger partial charge in [0.15, 0.2) is 0 Å². The molecular formula is C18H19N3O2. The van der Waals surface area contributed by atoms with Crippen LogP contribution in [-0.2, 0) is 6.54 Å². The fraction of sp³-hybridized carbons (Fsp3) is 0.222. The Bertz CT molecular complexity index is 812. The molecule has 0 aliphatic carbocycles. The van der Waals surface area contributed by atoms with Crippen LogP contribution in [0.15, 0.2) is 46.9 Å². The molecule has 0 aliphatic heterocycles. The zero-order valence-electron chi connectivity index (χ0n) is 13.5. The van der Waals surface area contributed by atoms with Gasteiger partial charge < -0.3 is 14.5 Å². The standard InChI is InChI=1S/C18H19N3O2/c1-12-7-8-16(13(2)9-12)19-11-17-20-21-18(23-17)14-5-4-6-15(10-14)22-3/h4-10,19H,11H2,1-3H3. The van der Waals surface area contributed by atoms with E-state index in [1.54, 1.807) is 7.11 Å². The van der Waals surface area contributed by atoms with Gasteiger partial charge in [0.1, 0.15) is 5.75 Å². The van der Waals surface area contributed by atoms with Crippen LogP contribution in [0, 0.1) is 13.8 Å². The molecule has 5 nitrogen and oxygen atoms in total. The van der Waals surface area contributed by atoms with Crippen molar-refractivity contribution in [3.05, 3.63) is 59.5 Å². The van der Waals surface area contributed by atoms with Crippen molar-refractivity contribution in [2.45, 2.75) is 20.4 Å². The lowest BCUT2D eigenvalue weighted by molar-refractivity contribution is 0.414. The second kappa shape index (κ2) is 6.52. The summed E-state index contributed by atoms with van der Waals surface area (Å²) in [5, 5.41) is 11.5. The Balaban J connectivity index is 1.72. The lowest BCUT2D eigenvalue weighted by atomic mass is 10.1. The summed E-state index contributed by atoms with van der Waals surface area (Å²) >= 11 is 0. The van der Waals surface area contributed by atoms with Crippen LogP contribution in [0.4, 0.5) is 5.69 Å². The number of nitrogens with one attached hydrogen (secondary N) is 1. The van der Waals surface area contributed by atoms with Gasteiger partial charge in [-0.2, -0.15) is 0 Å². The van der Waals surface area contributed by atoms with Crippen molar-refractivity contribution >= 4 is 5.69 Å². The van der Waals surface area contributed by atoms with E-state index in [1.165, 1.54) is 11.1 Å². The maximum atomic E-state index is 5.71. The molecular weight excluding hydrogens is 290 g/mol. The van der Waals surface area contributed by atoms with Crippen molar-refractivity contribution in [3.8, 4) is 17.2 Å². The molecule has 2 aromatic carbocycles. The minimum atomic E-state index is 0.487. The lowest BCUT2D eigenvalue weighted by Gasteiger charge is -2.08. The summed E-state index contributed by atoms with van der Waals surface area (Å²) in [6.07, 6.45) is 0. The Hall–Kier alpha value is -2.82. The van der Waals surface area contributed by atoms with E-state index in [0.717, 1.165) is 17.0 Å². The molecule has 0 saturated carbocycles. The summed E-state index contributed by atoms with van der Waals surface area (Å²) in [4.78, 5) is 0. The summed E-state index contributed by atoms with van der Waals surface area (Å²) in [6, 6.07) is 13.8. The molecule has 0 unspecified atom stereocenters. The molecule has 0 bridgehead atoms. The largest absolute Gasteiger partial charge is 0.497 e. The molecule has 0 radical (unpaired) electrons. The monoisotopic (exact) mass is 309 g/mol.